The van der Waals surface area contributed by atoms with Crippen molar-refractivity contribution in [3.8, 4) is 11.5 Å². The molecule has 0 radical (unpaired) electrons. The molecule has 28 heavy (non-hydrogen) atoms. The summed E-state index contributed by atoms with van der Waals surface area (Å²) in [5.74, 6) is 0.899. The highest BCUT2D eigenvalue weighted by Gasteiger charge is 2.14. The summed E-state index contributed by atoms with van der Waals surface area (Å²) in [6, 6.07) is 6.83. The third-order valence-electron chi connectivity index (χ3n) is 3.82. The second-order valence-corrected chi connectivity index (χ2v) is 7.51. The van der Waals surface area contributed by atoms with Crippen LogP contribution >= 0.6 is 23.1 Å². The molecule has 0 saturated carbocycles. The standard InChI is InChI=1S/C18H19N3O5S2/c1-25-12-7-11(8-13(9-12)26-2)19-15(23)10-28-18-20-14-3-6-27-16(14)17(24)21(18)4-5-22/h3,6-9,22H,4-5,10H2,1-2H3,(H,19,23). The summed E-state index contributed by atoms with van der Waals surface area (Å²) in [4.78, 5) is 29.4. The summed E-state index contributed by atoms with van der Waals surface area (Å²) in [6.07, 6.45) is 0. The number of thioether (sulfide) groups is 1. The Balaban J connectivity index is 1.76. The number of nitrogens with one attached hydrogen (secondary N) is 1. The van der Waals surface area contributed by atoms with Crippen LogP contribution in [0.25, 0.3) is 10.2 Å². The molecule has 3 rings (SSSR count). The number of ether oxygens (including phenoxy) is 2. The molecule has 148 valence electrons. The van der Waals surface area contributed by atoms with Crippen molar-refractivity contribution in [1.82, 2.24) is 9.55 Å². The number of carbonyl (C=O) groups is 1. The zero-order valence-electron chi connectivity index (χ0n) is 15.3. The van der Waals surface area contributed by atoms with Gasteiger partial charge >= 0.3 is 0 Å². The molecule has 3 aromatic rings. The van der Waals surface area contributed by atoms with Crippen molar-refractivity contribution in [1.29, 1.82) is 0 Å². The van der Waals surface area contributed by atoms with Crippen LogP contribution in [0.3, 0.4) is 0 Å². The third kappa shape index (κ3) is 4.46. The van der Waals surface area contributed by atoms with Gasteiger partial charge in [0.15, 0.2) is 5.16 Å². The van der Waals surface area contributed by atoms with Crippen LogP contribution in [0.2, 0.25) is 0 Å². The van der Waals surface area contributed by atoms with E-state index in [0.717, 1.165) is 11.8 Å². The van der Waals surface area contributed by atoms with Gasteiger partial charge in [-0.05, 0) is 11.4 Å². The quantitative estimate of drug-likeness (QED) is 0.425. The summed E-state index contributed by atoms with van der Waals surface area (Å²) in [5, 5.41) is 14.2. The number of aliphatic hydroxyl groups excluding tert-OH is 1. The number of carbonyl (C=O) groups excluding carboxylic acids is 1. The molecule has 0 saturated heterocycles. The molecule has 8 nitrogen and oxygen atoms in total. The highest BCUT2D eigenvalue weighted by atomic mass is 32.2. The molecule has 0 unspecified atom stereocenters. The first-order valence-corrected chi connectivity index (χ1v) is 10.2. The number of rotatable bonds is 8. The number of amides is 1. The molecule has 0 fully saturated rings. The van der Waals surface area contributed by atoms with Gasteiger partial charge in [0.2, 0.25) is 5.91 Å². The van der Waals surface area contributed by atoms with Gasteiger partial charge in [-0.25, -0.2) is 4.98 Å². The molecule has 0 spiro atoms. The number of nitrogens with zero attached hydrogens (tertiary/aromatic N) is 2. The highest BCUT2D eigenvalue weighted by Crippen LogP contribution is 2.26. The Morgan fingerprint density at radius 1 is 1.29 bits per heavy atom. The number of benzene rings is 1. The van der Waals surface area contributed by atoms with Crippen molar-refractivity contribution < 1.29 is 19.4 Å². The van der Waals surface area contributed by atoms with E-state index in [-0.39, 0.29) is 30.4 Å². The van der Waals surface area contributed by atoms with Crippen molar-refractivity contribution in [2.24, 2.45) is 0 Å². The second kappa shape index (κ2) is 9.09. The smallest absolute Gasteiger partial charge is 0.272 e. The average Bonchev–Trinajstić information content (AvgIpc) is 3.17. The van der Waals surface area contributed by atoms with Gasteiger partial charge < -0.3 is 19.9 Å². The maximum Gasteiger partial charge on any atom is 0.272 e. The number of aliphatic hydroxyl groups is 1. The minimum atomic E-state index is -0.268. The summed E-state index contributed by atoms with van der Waals surface area (Å²) in [5.41, 5.74) is 0.912. The first kappa shape index (κ1) is 20.2. The zero-order valence-corrected chi connectivity index (χ0v) is 16.9. The third-order valence-corrected chi connectivity index (χ3v) is 5.69. The Morgan fingerprint density at radius 3 is 2.64 bits per heavy atom. The summed E-state index contributed by atoms with van der Waals surface area (Å²) >= 11 is 2.44. The molecule has 0 aliphatic rings. The fraction of sp³-hybridized carbons (Fsp3) is 0.278. The fourth-order valence-corrected chi connectivity index (χ4v) is 4.14. The second-order valence-electron chi connectivity index (χ2n) is 5.65. The van der Waals surface area contributed by atoms with Crippen LogP contribution in [0.15, 0.2) is 39.6 Å². The van der Waals surface area contributed by atoms with E-state index < -0.39 is 0 Å². The van der Waals surface area contributed by atoms with Crippen molar-refractivity contribution in [2.45, 2.75) is 11.7 Å². The number of thiophene rings is 1. The van der Waals surface area contributed by atoms with Crippen molar-refractivity contribution >= 4 is 44.9 Å². The molecule has 2 heterocycles. The van der Waals surface area contributed by atoms with Gasteiger partial charge in [0, 0.05) is 23.9 Å². The van der Waals surface area contributed by atoms with E-state index in [1.165, 1.54) is 30.1 Å². The van der Waals surface area contributed by atoms with E-state index in [4.69, 9.17) is 9.47 Å². The molecule has 0 atom stereocenters. The number of aromatic nitrogens is 2. The molecule has 10 heteroatoms. The zero-order chi connectivity index (χ0) is 20.1. The molecule has 0 aliphatic carbocycles. The predicted octanol–water partition coefficient (Wildman–Crippen LogP) is 2.20. The largest absolute Gasteiger partial charge is 0.497 e. The highest BCUT2D eigenvalue weighted by molar-refractivity contribution is 7.99. The maximum atomic E-state index is 12.6. The molecular formula is C18H19N3O5S2. The van der Waals surface area contributed by atoms with E-state index in [9.17, 15) is 14.7 Å². The molecule has 0 aliphatic heterocycles. The minimum Gasteiger partial charge on any atom is -0.497 e. The van der Waals surface area contributed by atoms with Gasteiger partial charge in [-0.3, -0.25) is 14.2 Å². The van der Waals surface area contributed by atoms with Crippen LogP contribution in [0.1, 0.15) is 0 Å². The monoisotopic (exact) mass is 421 g/mol. The van der Waals surface area contributed by atoms with Crippen LogP contribution in [-0.4, -0.2) is 47.1 Å². The predicted molar refractivity (Wildman–Crippen MR) is 110 cm³/mol. The number of methoxy groups -OCH3 is 2. The topological polar surface area (TPSA) is 103 Å². The first-order valence-electron chi connectivity index (χ1n) is 8.30. The SMILES string of the molecule is COc1cc(NC(=O)CSc2nc3ccsc3c(=O)n2CCO)cc(OC)c1. The van der Waals surface area contributed by atoms with E-state index in [1.807, 2.05) is 0 Å². The fourth-order valence-electron chi connectivity index (χ4n) is 2.54. The number of anilines is 1. The maximum absolute atomic E-state index is 12.6. The van der Waals surface area contributed by atoms with Crippen molar-refractivity contribution in [3.05, 3.63) is 40.0 Å². The first-order chi connectivity index (χ1) is 13.5. The molecule has 0 bridgehead atoms. The van der Waals surface area contributed by atoms with E-state index in [1.54, 1.807) is 29.6 Å². The Morgan fingerprint density at radius 2 is 2.00 bits per heavy atom. The molecular weight excluding hydrogens is 402 g/mol. The molecule has 2 aromatic heterocycles. The lowest BCUT2D eigenvalue weighted by Gasteiger charge is -2.12. The van der Waals surface area contributed by atoms with Gasteiger partial charge in [-0.15, -0.1) is 11.3 Å². The van der Waals surface area contributed by atoms with Crippen LogP contribution in [0, 0.1) is 0 Å². The number of hydrogen-bond donors (Lipinski definition) is 2. The van der Waals surface area contributed by atoms with Gasteiger partial charge in [0.05, 0.1) is 38.6 Å². The Hall–Kier alpha value is -2.56. The van der Waals surface area contributed by atoms with E-state index >= 15 is 0 Å². The molecule has 2 N–H and O–H groups in total. The number of hydrogen-bond acceptors (Lipinski definition) is 8. The van der Waals surface area contributed by atoms with Crippen LogP contribution < -0.4 is 20.3 Å². The van der Waals surface area contributed by atoms with Gasteiger partial charge in [0.25, 0.3) is 5.56 Å². The van der Waals surface area contributed by atoms with Crippen molar-refractivity contribution in [3.63, 3.8) is 0 Å². The van der Waals surface area contributed by atoms with E-state index in [0.29, 0.717) is 32.6 Å². The van der Waals surface area contributed by atoms with Crippen molar-refractivity contribution in [2.75, 3.05) is 31.9 Å². The normalized spacial score (nSPS) is 10.8. The minimum absolute atomic E-state index is 0.0486. The van der Waals surface area contributed by atoms with E-state index in [2.05, 4.69) is 10.3 Å². The Labute approximate surface area is 169 Å². The molecule has 1 amide bonds. The summed E-state index contributed by atoms with van der Waals surface area (Å²) in [7, 11) is 3.06. The lowest BCUT2D eigenvalue weighted by atomic mass is 10.2. The Kier molecular flexibility index (Phi) is 6.55. The van der Waals surface area contributed by atoms with Gasteiger partial charge in [-0.1, -0.05) is 11.8 Å². The van der Waals surface area contributed by atoms with Gasteiger partial charge in [-0.2, -0.15) is 0 Å². The Bertz CT molecular complexity index is 1030. The lowest BCUT2D eigenvalue weighted by molar-refractivity contribution is -0.113. The average molecular weight is 422 g/mol. The van der Waals surface area contributed by atoms with Crippen LogP contribution in [-0.2, 0) is 11.3 Å². The summed E-state index contributed by atoms with van der Waals surface area (Å²) in [6.45, 7) is -0.0709. The lowest BCUT2D eigenvalue weighted by Crippen LogP contribution is -2.25. The molecule has 1 aromatic carbocycles. The van der Waals surface area contributed by atoms with Gasteiger partial charge in [0.1, 0.15) is 16.2 Å². The van der Waals surface area contributed by atoms with Crippen LogP contribution in [0.5, 0.6) is 11.5 Å². The summed E-state index contributed by atoms with van der Waals surface area (Å²) < 4.78 is 12.3. The number of fused-ring (bicyclic) bond motifs is 1. The van der Waals surface area contributed by atoms with Crippen LogP contribution in [0.4, 0.5) is 5.69 Å².